The van der Waals surface area contributed by atoms with Gasteiger partial charge in [0.1, 0.15) is 11.6 Å². The second-order valence-corrected chi connectivity index (χ2v) is 11.3. The van der Waals surface area contributed by atoms with Crippen molar-refractivity contribution in [1.82, 2.24) is 0 Å². The third kappa shape index (κ3) is 12.3. The van der Waals surface area contributed by atoms with Crippen LogP contribution in [0.5, 0.6) is 0 Å². The predicted octanol–water partition coefficient (Wildman–Crippen LogP) is 9.46. The van der Waals surface area contributed by atoms with Crippen LogP contribution < -0.4 is 0 Å². The van der Waals surface area contributed by atoms with Crippen LogP contribution in [-0.4, -0.2) is 13.2 Å². The van der Waals surface area contributed by atoms with Gasteiger partial charge in [0.05, 0.1) is 13.2 Å². The molecule has 0 atom stereocenters. The summed E-state index contributed by atoms with van der Waals surface area (Å²) in [6, 6.07) is 36.1. The van der Waals surface area contributed by atoms with Crippen molar-refractivity contribution in [2.45, 2.75) is 38.9 Å². The topological polar surface area (TPSA) is 18.5 Å². The highest BCUT2D eigenvalue weighted by Crippen LogP contribution is 2.17. The maximum absolute atomic E-state index is 13.5. The van der Waals surface area contributed by atoms with Crippen LogP contribution in [0.25, 0.3) is 0 Å². The number of hydrogen-bond acceptors (Lipinski definition) is 2. The standard InChI is InChI=1S/C46H36F2O2/c47-45-27-21-37(22-28-45)19-25-43-33-41(17-9-3-11-31-49-35-39-13-5-1-6-14-39)42(34-44(43)26-20-38-23-29-46(48)30-24-38)18-10-4-12-32-50-36-40-15-7-2-8-16-40/h1-2,5-8,13-16,21-24,27-30,33-34H,3-4,11-12,31-32,35-36H2. The van der Waals surface area contributed by atoms with E-state index in [0.717, 1.165) is 35.1 Å². The van der Waals surface area contributed by atoms with Crippen LogP contribution in [-0.2, 0) is 22.7 Å². The van der Waals surface area contributed by atoms with Crippen molar-refractivity contribution in [3.63, 3.8) is 0 Å². The van der Waals surface area contributed by atoms with E-state index in [4.69, 9.17) is 9.47 Å². The molecule has 0 unspecified atom stereocenters. The molecule has 0 aromatic heterocycles. The normalized spacial score (nSPS) is 9.96. The summed E-state index contributed by atoms with van der Waals surface area (Å²) in [7, 11) is 0. The van der Waals surface area contributed by atoms with Gasteiger partial charge in [0, 0.05) is 59.4 Å². The van der Waals surface area contributed by atoms with Crippen LogP contribution >= 0.6 is 0 Å². The third-order valence-electron chi connectivity index (χ3n) is 7.38. The minimum Gasteiger partial charge on any atom is -0.377 e. The molecule has 0 fully saturated rings. The van der Waals surface area contributed by atoms with Crippen LogP contribution in [0.3, 0.4) is 0 Å². The first kappa shape index (κ1) is 35.4. The van der Waals surface area contributed by atoms with E-state index in [1.54, 1.807) is 24.3 Å². The molecule has 2 nitrogen and oxygen atoms in total. The molecule has 0 amide bonds. The van der Waals surface area contributed by atoms with E-state index in [1.807, 2.05) is 72.8 Å². The smallest absolute Gasteiger partial charge is 0.123 e. The van der Waals surface area contributed by atoms with Gasteiger partial charge in [-0.2, -0.15) is 0 Å². The van der Waals surface area contributed by atoms with Gasteiger partial charge in [0.2, 0.25) is 0 Å². The molecule has 5 aromatic carbocycles. The lowest BCUT2D eigenvalue weighted by atomic mass is 9.98. The monoisotopic (exact) mass is 658 g/mol. The van der Waals surface area contributed by atoms with Gasteiger partial charge in [-0.05, 0) is 84.6 Å². The van der Waals surface area contributed by atoms with Gasteiger partial charge in [0.25, 0.3) is 0 Å². The molecule has 0 aliphatic heterocycles. The fourth-order valence-electron chi connectivity index (χ4n) is 4.73. The summed E-state index contributed by atoms with van der Waals surface area (Å²) >= 11 is 0. The SMILES string of the molecule is Fc1ccc(C#Cc2cc(C#CCCCOCc3ccccc3)c(C#CCCCOCc3ccccc3)cc2C#Cc2ccc(F)cc2)cc1. The van der Waals surface area contributed by atoms with E-state index in [2.05, 4.69) is 47.4 Å². The maximum Gasteiger partial charge on any atom is 0.123 e. The summed E-state index contributed by atoms with van der Waals surface area (Å²) in [5.74, 6) is 25.2. The summed E-state index contributed by atoms with van der Waals surface area (Å²) in [6.45, 7) is 2.35. The first-order chi connectivity index (χ1) is 24.6. The fraction of sp³-hybridized carbons (Fsp3) is 0.174. The molecule has 0 N–H and O–H groups in total. The van der Waals surface area contributed by atoms with Crippen molar-refractivity contribution in [1.29, 1.82) is 0 Å². The molecule has 246 valence electrons. The van der Waals surface area contributed by atoms with E-state index in [9.17, 15) is 8.78 Å². The Labute approximate surface area is 294 Å². The number of hydrogen-bond donors (Lipinski definition) is 0. The fourth-order valence-corrected chi connectivity index (χ4v) is 4.73. The van der Waals surface area contributed by atoms with E-state index in [0.29, 0.717) is 61.5 Å². The van der Waals surface area contributed by atoms with Crippen molar-refractivity contribution in [3.05, 3.63) is 177 Å². The van der Waals surface area contributed by atoms with Crippen molar-refractivity contribution in [2.75, 3.05) is 13.2 Å². The molecular formula is C46H36F2O2. The van der Waals surface area contributed by atoms with E-state index >= 15 is 0 Å². The molecule has 50 heavy (non-hydrogen) atoms. The van der Waals surface area contributed by atoms with E-state index in [-0.39, 0.29) is 11.6 Å². The molecule has 0 spiro atoms. The molecule has 0 bridgehead atoms. The Morgan fingerprint density at radius 1 is 0.420 bits per heavy atom. The highest BCUT2D eigenvalue weighted by Gasteiger charge is 2.06. The Balaban J connectivity index is 1.36. The Bertz CT molecular complexity index is 1920. The van der Waals surface area contributed by atoms with Crippen LogP contribution in [0.4, 0.5) is 8.78 Å². The van der Waals surface area contributed by atoms with Gasteiger partial charge >= 0.3 is 0 Å². The first-order valence-corrected chi connectivity index (χ1v) is 16.6. The highest BCUT2D eigenvalue weighted by molar-refractivity contribution is 5.63. The molecule has 5 aromatic rings. The zero-order chi connectivity index (χ0) is 34.6. The van der Waals surface area contributed by atoms with Crippen molar-refractivity contribution >= 4 is 0 Å². The Hall–Kier alpha value is -5.88. The van der Waals surface area contributed by atoms with Gasteiger partial charge in [-0.1, -0.05) is 108 Å². The van der Waals surface area contributed by atoms with Gasteiger partial charge in [-0.3, -0.25) is 0 Å². The summed E-state index contributed by atoms with van der Waals surface area (Å²) in [6.07, 6.45) is 2.90. The first-order valence-electron chi connectivity index (χ1n) is 16.6. The van der Waals surface area contributed by atoms with Crippen molar-refractivity contribution in [2.24, 2.45) is 0 Å². The molecule has 0 aliphatic rings. The quantitative estimate of drug-likeness (QED) is 0.110. The number of benzene rings is 5. The van der Waals surface area contributed by atoms with Crippen LogP contribution in [0.2, 0.25) is 0 Å². The zero-order valence-electron chi connectivity index (χ0n) is 27.8. The summed E-state index contributed by atoms with van der Waals surface area (Å²) < 4.78 is 38.7. The van der Waals surface area contributed by atoms with Crippen molar-refractivity contribution in [3.8, 4) is 47.4 Å². The molecule has 0 aliphatic carbocycles. The highest BCUT2D eigenvalue weighted by atomic mass is 19.1. The Kier molecular flexibility index (Phi) is 14.0. The van der Waals surface area contributed by atoms with Crippen molar-refractivity contribution < 1.29 is 18.3 Å². The lowest BCUT2D eigenvalue weighted by molar-refractivity contribution is 0.119. The number of ether oxygens (including phenoxy) is 2. The average molecular weight is 659 g/mol. The van der Waals surface area contributed by atoms with Gasteiger partial charge in [0.15, 0.2) is 0 Å². The van der Waals surface area contributed by atoms with Crippen LogP contribution in [0.1, 0.15) is 70.2 Å². The molecule has 0 radical (unpaired) electrons. The van der Waals surface area contributed by atoms with Gasteiger partial charge in [-0.25, -0.2) is 8.78 Å². The lowest BCUT2D eigenvalue weighted by Crippen LogP contribution is -1.95. The maximum atomic E-state index is 13.5. The van der Waals surface area contributed by atoms with Gasteiger partial charge < -0.3 is 9.47 Å². The number of halogens is 2. The third-order valence-corrected chi connectivity index (χ3v) is 7.38. The summed E-state index contributed by atoms with van der Waals surface area (Å²) in [5, 5.41) is 0. The van der Waals surface area contributed by atoms with Crippen LogP contribution in [0, 0.1) is 59.0 Å². The second kappa shape index (κ2) is 19.8. The molecule has 5 rings (SSSR count). The number of unbranched alkanes of at least 4 members (excludes halogenated alkanes) is 2. The molecule has 0 heterocycles. The molecule has 4 heteroatoms. The van der Waals surface area contributed by atoms with E-state index < -0.39 is 0 Å². The molecular weight excluding hydrogens is 623 g/mol. The summed E-state index contributed by atoms with van der Waals surface area (Å²) in [4.78, 5) is 0. The zero-order valence-corrected chi connectivity index (χ0v) is 27.8. The Morgan fingerprint density at radius 2 is 0.800 bits per heavy atom. The molecule has 0 saturated heterocycles. The molecule has 0 saturated carbocycles. The number of rotatable bonds is 10. The second-order valence-electron chi connectivity index (χ2n) is 11.3. The lowest BCUT2D eigenvalue weighted by Gasteiger charge is -2.04. The summed E-state index contributed by atoms with van der Waals surface area (Å²) in [5.41, 5.74) is 6.45. The van der Waals surface area contributed by atoms with Gasteiger partial charge in [-0.15, -0.1) is 0 Å². The largest absolute Gasteiger partial charge is 0.377 e. The average Bonchev–Trinajstić information content (AvgIpc) is 3.15. The minimum absolute atomic E-state index is 0.324. The predicted molar refractivity (Wildman–Crippen MR) is 196 cm³/mol. The minimum atomic E-state index is -0.324. The van der Waals surface area contributed by atoms with E-state index in [1.165, 1.54) is 24.3 Å². The Morgan fingerprint density at radius 3 is 1.20 bits per heavy atom. The van der Waals surface area contributed by atoms with Crippen LogP contribution in [0.15, 0.2) is 121 Å².